The smallest absolute Gasteiger partial charge is 0.368 e. The molecule has 1 rings (SSSR count). The van der Waals surface area contributed by atoms with Crippen molar-refractivity contribution in [3.63, 3.8) is 0 Å². The summed E-state index contributed by atoms with van der Waals surface area (Å²) in [6.07, 6.45) is -3.91. The van der Waals surface area contributed by atoms with E-state index in [-0.39, 0.29) is 18.9 Å². The molecule has 1 aliphatic heterocycles. The van der Waals surface area contributed by atoms with Crippen molar-refractivity contribution < 1.29 is 22.8 Å². The van der Waals surface area contributed by atoms with Crippen molar-refractivity contribution in [3.05, 3.63) is 0 Å². The molecular weight excluding hydrogens is 261 g/mol. The molecule has 110 valence electrons. The van der Waals surface area contributed by atoms with E-state index in [0.29, 0.717) is 19.3 Å². The average Bonchev–Trinajstić information content (AvgIpc) is 2.40. The molecule has 0 radical (unpaired) electrons. The Morgan fingerprint density at radius 3 is 2.63 bits per heavy atom. The van der Waals surface area contributed by atoms with Crippen LogP contribution in [0.5, 0.6) is 0 Å². The molecule has 0 aromatic carbocycles. The molecule has 2 N–H and O–H groups in total. The lowest BCUT2D eigenvalue weighted by molar-refractivity contribution is -0.150. The van der Waals surface area contributed by atoms with E-state index in [4.69, 9.17) is 5.73 Å². The van der Waals surface area contributed by atoms with Crippen molar-refractivity contribution >= 4 is 11.8 Å². The summed E-state index contributed by atoms with van der Waals surface area (Å²) in [6, 6.07) is -0.804. The van der Waals surface area contributed by atoms with Gasteiger partial charge in [0.1, 0.15) is 6.04 Å². The molecular formula is C12H19F3N2O2. The van der Waals surface area contributed by atoms with E-state index >= 15 is 0 Å². The van der Waals surface area contributed by atoms with Crippen LogP contribution < -0.4 is 5.73 Å². The van der Waals surface area contributed by atoms with Gasteiger partial charge in [-0.05, 0) is 25.2 Å². The lowest BCUT2D eigenvalue weighted by Crippen LogP contribution is -2.48. The lowest BCUT2D eigenvalue weighted by atomic mass is 9.99. The Balaban J connectivity index is 2.82. The zero-order chi connectivity index (χ0) is 14.6. The van der Waals surface area contributed by atoms with E-state index in [1.54, 1.807) is 6.92 Å². The minimum atomic E-state index is -4.25. The van der Waals surface area contributed by atoms with Crippen molar-refractivity contribution in [1.82, 2.24) is 4.90 Å². The monoisotopic (exact) mass is 280 g/mol. The number of carbonyl (C=O) groups excluding carboxylic acids is 2. The van der Waals surface area contributed by atoms with Gasteiger partial charge in [0.15, 0.2) is 0 Å². The summed E-state index contributed by atoms with van der Waals surface area (Å²) in [7, 11) is 0. The summed E-state index contributed by atoms with van der Waals surface area (Å²) in [5.74, 6) is -1.60. The number of halogens is 3. The molecule has 1 saturated heterocycles. The van der Waals surface area contributed by atoms with Gasteiger partial charge in [0.2, 0.25) is 11.8 Å². The standard InChI is InChI=1S/C12H19F3N2O2/c1-2-9(11(16)19)17-7-8(6-12(13,14)15)4-3-5-10(17)18/h8-9H,2-7H2,1H3,(H2,16,19). The molecule has 2 amide bonds. The van der Waals surface area contributed by atoms with Gasteiger partial charge in [0.05, 0.1) is 0 Å². The normalized spacial score (nSPS) is 23.1. The van der Waals surface area contributed by atoms with E-state index in [0.717, 1.165) is 0 Å². The third-order valence-corrected chi connectivity index (χ3v) is 3.39. The van der Waals surface area contributed by atoms with Crippen LogP contribution in [0.3, 0.4) is 0 Å². The fourth-order valence-electron chi connectivity index (χ4n) is 2.53. The van der Waals surface area contributed by atoms with Gasteiger partial charge in [-0.3, -0.25) is 9.59 Å². The van der Waals surface area contributed by atoms with Crippen LogP contribution in [0.1, 0.15) is 39.0 Å². The highest BCUT2D eigenvalue weighted by molar-refractivity contribution is 5.86. The number of nitrogens with two attached hydrogens (primary N) is 1. The Morgan fingerprint density at radius 1 is 1.53 bits per heavy atom. The summed E-state index contributed by atoms with van der Waals surface area (Å²) in [4.78, 5) is 24.4. The van der Waals surface area contributed by atoms with Crippen molar-refractivity contribution in [2.24, 2.45) is 11.7 Å². The zero-order valence-electron chi connectivity index (χ0n) is 10.9. The van der Waals surface area contributed by atoms with Gasteiger partial charge in [-0.2, -0.15) is 13.2 Å². The van der Waals surface area contributed by atoms with Crippen LogP contribution in [0.15, 0.2) is 0 Å². The number of rotatable bonds is 4. The van der Waals surface area contributed by atoms with Gasteiger partial charge < -0.3 is 10.6 Å². The highest BCUT2D eigenvalue weighted by Gasteiger charge is 2.37. The first kappa shape index (κ1) is 15.8. The molecule has 2 atom stereocenters. The van der Waals surface area contributed by atoms with Crippen LogP contribution in [-0.2, 0) is 9.59 Å². The summed E-state index contributed by atoms with van der Waals surface area (Å²) in [6.45, 7) is 1.64. The van der Waals surface area contributed by atoms with E-state index < -0.39 is 30.5 Å². The van der Waals surface area contributed by atoms with Crippen LogP contribution in [0.4, 0.5) is 13.2 Å². The first-order chi connectivity index (χ1) is 8.74. The average molecular weight is 280 g/mol. The van der Waals surface area contributed by atoms with Crippen molar-refractivity contribution in [2.45, 2.75) is 51.2 Å². The maximum atomic E-state index is 12.4. The molecule has 7 heteroatoms. The predicted molar refractivity (Wildman–Crippen MR) is 63.0 cm³/mol. The number of primary amides is 1. The second kappa shape index (κ2) is 6.25. The van der Waals surface area contributed by atoms with E-state index in [1.165, 1.54) is 4.90 Å². The summed E-state index contributed by atoms with van der Waals surface area (Å²) in [5, 5.41) is 0. The Kier molecular flexibility index (Phi) is 5.20. The lowest BCUT2D eigenvalue weighted by Gasteiger charge is -2.30. The number of alkyl halides is 3. The van der Waals surface area contributed by atoms with Gasteiger partial charge in [-0.25, -0.2) is 0 Å². The third kappa shape index (κ3) is 4.72. The van der Waals surface area contributed by atoms with Gasteiger partial charge in [-0.1, -0.05) is 6.92 Å². The maximum absolute atomic E-state index is 12.4. The van der Waals surface area contributed by atoms with Crippen LogP contribution in [-0.4, -0.2) is 35.5 Å². The predicted octanol–water partition coefficient (Wildman–Crippen LogP) is 1.83. The minimum absolute atomic E-state index is 0.0419. The molecule has 0 saturated carbocycles. The molecule has 0 spiro atoms. The van der Waals surface area contributed by atoms with Crippen molar-refractivity contribution in [2.75, 3.05) is 6.54 Å². The topological polar surface area (TPSA) is 63.4 Å². The molecule has 0 bridgehead atoms. The van der Waals surface area contributed by atoms with Crippen LogP contribution in [0, 0.1) is 5.92 Å². The van der Waals surface area contributed by atoms with Crippen molar-refractivity contribution in [3.8, 4) is 0 Å². The van der Waals surface area contributed by atoms with E-state index in [2.05, 4.69) is 0 Å². The second-order valence-corrected chi connectivity index (χ2v) is 4.95. The summed E-state index contributed by atoms with van der Waals surface area (Å²) in [5.41, 5.74) is 5.21. The van der Waals surface area contributed by atoms with Gasteiger partial charge >= 0.3 is 6.18 Å². The van der Waals surface area contributed by atoms with Gasteiger partial charge in [0.25, 0.3) is 0 Å². The number of amides is 2. The number of hydrogen-bond acceptors (Lipinski definition) is 2. The van der Waals surface area contributed by atoms with Gasteiger partial charge in [0, 0.05) is 19.4 Å². The highest BCUT2D eigenvalue weighted by Crippen LogP contribution is 2.31. The zero-order valence-corrected chi connectivity index (χ0v) is 10.9. The first-order valence-corrected chi connectivity index (χ1v) is 6.40. The first-order valence-electron chi connectivity index (χ1n) is 6.40. The number of carbonyl (C=O) groups is 2. The minimum Gasteiger partial charge on any atom is -0.368 e. The molecule has 0 aromatic rings. The molecule has 0 aromatic heterocycles. The molecule has 1 fully saturated rings. The van der Waals surface area contributed by atoms with E-state index in [1.807, 2.05) is 0 Å². The van der Waals surface area contributed by atoms with E-state index in [9.17, 15) is 22.8 Å². The highest BCUT2D eigenvalue weighted by atomic mass is 19.4. The second-order valence-electron chi connectivity index (χ2n) is 4.95. The Bertz CT molecular complexity index is 344. The van der Waals surface area contributed by atoms with Crippen LogP contribution in [0.2, 0.25) is 0 Å². The molecule has 1 heterocycles. The Hall–Kier alpha value is -1.27. The SMILES string of the molecule is CCC(C(N)=O)N1CC(CC(F)(F)F)CCCC1=O. The quantitative estimate of drug-likeness (QED) is 0.854. The largest absolute Gasteiger partial charge is 0.389 e. The van der Waals surface area contributed by atoms with Crippen molar-refractivity contribution in [1.29, 1.82) is 0 Å². The molecule has 4 nitrogen and oxygen atoms in total. The fourth-order valence-corrected chi connectivity index (χ4v) is 2.53. The Morgan fingerprint density at radius 2 is 2.16 bits per heavy atom. The van der Waals surface area contributed by atoms with Crippen LogP contribution in [0.25, 0.3) is 0 Å². The number of nitrogens with zero attached hydrogens (tertiary/aromatic N) is 1. The fraction of sp³-hybridized carbons (Fsp3) is 0.833. The molecule has 1 aliphatic rings. The maximum Gasteiger partial charge on any atom is 0.389 e. The summed E-state index contributed by atoms with van der Waals surface area (Å²) >= 11 is 0. The third-order valence-electron chi connectivity index (χ3n) is 3.39. The molecule has 0 aliphatic carbocycles. The number of hydrogen-bond donors (Lipinski definition) is 1. The molecule has 19 heavy (non-hydrogen) atoms. The van der Waals surface area contributed by atoms with Crippen LogP contribution >= 0.6 is 0 Å². The Labute approximate surface area is 110 Å². The summed E-state index contributed by atoms with van der Waals surface area (Å²) < 4.78 is 37.3. The van der Waals surface area contributed by atoms with Gasteiger partial charge in [-0.15, -0.1) is 0 Å². The molecule has 2 unspecified atom stereocenters. The number of likely N-dealkylation sites (tertiary alicyclic amines) is 1.